The van der Waals surface area contributed by atoms with Crippen LogP contribution in [0.2, 0.25) is 0 Å². The summed E-state index contributed by atoms with van der Waals surface area (Å²) in [6.45, 7) is 10.3. The van der Waals surface area contributed by atoms with Crippen LogP contribution >= 0.6 is 11.8 Å². The van der Waals surface area contributed by atoms with Crippen molar-refractivity contribution in [2.45, 2.75) is 38.1 Å². The van der Waals surface area contributed by atoms with Gasteiger partial charge in [0.15, 0.2) is 0 Å². The molecule has 5 rings (SSSR count). The normalized spacial score (nSPS) is 16.9. The molecule has 0 atom stereocenters. The Morgan fingerprint density at radius 1 is 0.784 bits per heavy atom. The molecule has 1 saturated heterocycles. The van der Waals surface area contributed by atoms with Crippen LogP contribution in [0, 0.1) is 6.92 Å². The maximum absolute atomic E-state index is 13.8. The first-order valence-corrected chi connectivity index (χ1v) is 13.7. The van der Waals surface area contributed by atoms with Gasteiger partial charge in [-0.3, -0.25) is 14.5 Å². The minimum absolute atomic E-state index is 0.228. The van der Waals surface area contributed by atoms with Gasteiger partial charge in [0.2, 0.25) is 0 Å². The Bertz CT molecular complexity index is 1290. The molecule has 1 fully saturated rings. The number of thioether (sulfide) groups is 1. The Hall–Kier alpha value is -3.35. The van der Waals surface area contributed by atoms with Crippen molar-refractivity contribution < 1.29 is 9.59 Å². The minimum atomic E-state index is -0.241. The van der Waals surface area contributed by atoms with E-state index in [-0.39, 0.29) is 11.8 Å². The maximum atomic E-state index is 13.8. The number of aryl methyl sites for hydroxylation is 1. The first kappa shape index (κ1) is 25.3. The summed E-state index contributed by atoms with van der Waals surface area (Å²) in [4.78, 5) is 34.9. The zero-order valence-electron chi connectivity index (χ0n) is 21.7. The van der Waals surface area contributed by atoms with Crippen LogP contribution in [0.1, 0.15) is 36.5 Å². The summed E-state index contributed by atoms with van der Waals surface area (Å²) < 4.78 is 0. The van der Waals surface area contributed by atoms with E-state index < -0.39 is 0 Å². The number of amides is 2. The second kappa shape index (κ2) is 11.0. The molecular weight excluding hydrogens is 478 g/mol. The third-order valence-electron chi connectivity index (χ3n) is 7.01. The third-order valence-corrected chi connectivity index (χ3v) is 8.09. The zero-order valence-corrected chi connectivity index (χ0v) is 22.5. The van der Waals surface area contributed by atoms with Crippen molar-refractivity contribution in [2.24, 2.45) is 0 Å². The highest BCUT2D eigenvalue weighted by atomic mass is 32.2. The predicted molar refractivity (Wildman–Crippen MR) is 150 cm³/mol. The van der Waals surface area contributed by atoms with E-state index in [1.54, 1.807) is 0 Å². The van der Waals surface area contributed by atoms with Gasteiger partial charge in [0, 0.05) is 37.6 Å². The van der Waals surface area contributed by atoms with Crippen molar-refractivity contribution in [2.75, 3.05) is 31.1 Å². The molecule has 2 aliphatic heterocycles. The summed E-state index contributed by atoms with van der Waals surface area (Å²) in [5, 5.41) is 0. The van der Waals surface area contributed by atoms with E-state index in [1.807, 2.05) is 61.5 Å². The van der Waals surface area contributed by atoms with Gasteiger partial charge in [0.05, 0.1) is 5.69 Å². The average Bonchev–Trinajstić information content (AvgIpc) is 3.15. The van der Waals surface area contributed by atoms with Crippen molar-refractivity contribution >= 4 is 29.3 Å². The number of hydrogen-bond donors (Lipinski definition) is 0. The van der Waals surface area contributed by atoms with E-state index >= 15 is 0 Å². The number of carbonyl (C=O) groups excluding carboxylic acids is 2. The van der Waals surface area contributed by atoms with Gasteiger partial charge in [-0.05, 0) is 48.2 Å². The van der Waals surface area contributed by atoms with E-state index in [4.69, 9.17) is 0 Å². The molecule has 0 N–H and O–H groups in total. The van der Waals surface area contributed by atoms with Crippen LogP contribution in [-0.2, 0) is 16.1 Å². The molecule has 6 heteroatoms. The van der Waals surface area contributed by atoms with Gasteiger partial charge in [-0.2, -0.15) is 0 Å². The van der Waals surface area contributed by atoms with Crippen molar-refractivity contribution in [3.8, 4) is 0 Å². The molecule has 0 radical (unpaired) electrons. The molecule has 0 aliphatic carbocycles. The van der Waals surface area contributed by atoms with Crippen molar-refractivity contribution in [1.29, 1.82) is 0 Å². The monoisotopic (exact) mass is 511 g/mol. The highest BCUT2D eigenvalue weighted by molar-refractivity contribution is 8.04. The maximum Gasteiger partial charge on any atom is 0.283 e. The summed E-state index contributed by atoms with van der Waals surface area (Å²) in [7, 11) is 0. The lowest BCUT2D eigenvalue weighted by atomic mass is 10.0. The van der Waals surface area contributed by atoms with Crippen LogP contribution in [0.25, 0.3) is 0 Å². The lowest BCUT2D eigenvalue weighted by Crippen LogP contribution is -2.47. The van der Waals surface area contributed by atoms with E-state index in [2.05, 4.69) is 47.9 Å². The molecule has 3 aromatic carbocycles. The SMILES string of the molecule is Cc1ccc(SC2=C(N3CCN(Cc4ccccc4)CC3)C(=O)N(c3ccc(C(C)C)cc3)C2=O)cc1. The Morgan fingerprint density at radius 3 is 2.05 bits per heavy atom. The summed E-state index contributed by atoms with van der Waals surface area (Å²) in [6.07, 6.45) is 0. The third kappa shape index (κ3) is 5.50. The lowest BCUT2D eigenvalue weighted by molar-refractivity contribution is -0.121. The molecule has 3 aromatic rings. The molecule has 37 heavy (non-hydrogen) atoms. The molecule has 5 nitrogen and oxygen atoms in total. The Morgan fingerprint density at radius 2 is 1.43 bits per heavy atom. The van der Waals surface area contributed by atoms with E-state index in [9.17, 15) is 9.59 Å². The van der Waals surface area contributed by atoms with Gasteiger partial charge >= 0.3 is 0 Å². The van der Waals surface area contributed by atoms with Crippen LogP contribution in [0.3, 0.4) is 0 Å². The molecule has 2 amide bonds. The van der Waals surface area contributed by atoms with E-state index in [0.717, 1.165) is 30.1 Å². The second-order valence-corrected chi connectivity index (χ2v) is 11.1. The second-order valence-electron chi connectivity index (χ2n) is 10.0. The van der Waals surface area contributed by atoms with Crippen LogP contribution in [0.15, 0.2) is 94.4 Å². The Labute approximate surface area is 223 Å². The number of piperazine rings is 1. The summed E-state index contributed by atoms with van der Waals surface area (Å²) in [5.74, 6) is -0.0874. The molecular formula is C31H33N3O2S. The highest BCUT2D eigenvalue weighted by Gasteiger charge is 2.43. The smallest absolute Gasteiger partial charge is 0.283 e. The number of imide groups is 1. The van der Waals surface area contributed by atoms with Crippen molar-refractivity contribution in [3.63, 3.8) is 0 Å². The standard InChI is InChI=1S/C31H33N3O2S/c1-22(2)25-11-13-26(14-12-25)34-30(35)28(29(31(34)36)37-27-15-9-23(3)10-16-27)33-19-17-32(18-20-33)21-24-7-5-4-6-8-24/h4-16,22H,17-21H2,1-3H3. The number of carbonyl (C=O) groups is 2. The molecule has 2 heterocycles. The van der Waals surface area contributed by atoms with Crippen molar-refractivity contribution in [1.82, 2.24) is 9.80 Å². The number of anilines is 1. The fourth-order valence-corrected chi connectivity index (χ4v) is 5.81. The molecule has 190 valence electrons. The number of benzene rings is 3. The molecule has 0 aromatic heterocycles. The number of rotatable bonds is 7. The molecule has 0 unspecified atom stereocenters. The zero-order chi connectivity index (χ0) is 25.9. The first-order valence-electron chi connectivity index (χ1n) is 12.9. The lowest BCUT2D eigenvalue weighted by Gasteiger charge is -2.36. The minimum Gasteiger partial charge on any atom is -0.363 e. The molecule has 0 spiro atoms. The predicted octanol–water partition coefficient (Wildman–Crippen LogP) is 5.81. The largest absolute Gasteiger partial charge is 0.363 e. The van der Waals surface area contributed by atoms with Crippen LogP contribution < -0.4 is 4.90 Å². The number of nitrogens with zero attached hydrogens (tertiary/aromatic N) is 3. The number of hydrogen-bond acceptors (Lipinski definition) is 5. The fraction of sp³-hybridized carbons (Fsp3) is 0.290. The summed E-state index contributed by atoms with van der Waals surface area (Å²) >= 11 is 1.40. The topological polar surface area (TPSA) is 43.9 Å². The van der Waals surface area contributed by atoms with Gasteiger partial charge < -0.3 is 4.90 Å². The van der Waals surface area contributed by atoms with Gasteiger partial charge in [0.1, 0.15) is 10.6 Å². The fourth-order valence-electron chi connectivity index (χ4n) is 4.81. The van der Waals surface area contributed by atoms with Crippen LogP contribution in [0.5, 0.6) is 0 Å². The van der Waals surface area contributed by atoms with E-state index in [1.165, 1.54) is 27.8 Å². The summed E-state index contributed by atoms with van der Waals surface area (Å²) in [6, 6.07) is 26.4. The van der Waals surface area contributed by atoms with Crippen molar-refractivity contribution in [3.05, 3.63) is 106 Å². The van der Waals surface area contributed by atoms with Crippen LogP contribution in [0.4, 0.5) is 5.69 Å². The van der Waals surface area contributed by atoms with Gasteiger partial charge in [-0.1, -0.05) is 85.8 Å². The molecule has 0 bridgehead atoms. The van der Waals surface area contributed by atoms with Gasteiger partial charge in [0.25, 0.3) is 11.8 Å². The van der Waals surface area contributed by atoms with Crippen LogP contribution in [-0.4, -0.2) is 47.8 Å². The summed E-state index contributed by atoms with van der Waals surface area (Å²) in [5.41, 5.74) is 4.78. The molecule has 0 saturated carbocycles. The highest BCUT2D eigenvalue weighted by Crippen LogP contribution is 2.39. The Balaban J connectivity index is 1.40. The van der Waals surface area contributed by atoms with E-state index in [0.29, 0.717) is 35.3 Å². The van der Waals surface area contributed by atoms with Gasteiger partial charge in [-0.15, -0.1) is 0 Å². The molecule has 2 aliphatic rings. The Kier molecular flexibility index (Phi) is 7.49. The average molecular weight is 512 g/mol. The quantitative estimate of drug-likeness (QED) is 0.375. The first-order chi connectivity index (χ1) is 17.9. The van der Waals surface area contributed by atoms with Gasteiger partial charge in [-0.25, -0.2) is 4.90 Å².